The molecule has 0 aromatic carbocycles. The van der Waals surface area contributed by atoms with Crippen LogP contribution < -0.4 is 11.1 Å². The molecule has 0 amide bonds. The molecular weight excluding hydrogens is 273 g/mol. The average molecular weight is 292 g/mol. The van der Waals surface area contributed by atoms with E-state index in [1.165, 1.54) is 6.07 Å². The van der Waals surface area contributed by atoms with Crippen molar-refractivity contribution < 1.29 is 18.3 Å². The molecule has 0 aliphatic rings. The first-order chi connectivity index (χ1) is 9.14. The Hall–Kier alpha value is -1.57. The van der Waals surface area contributed by atoms with E-state index in [0.29, 0.717) is 13.0 Å². The number of hydrogen-bond donors (Lipinski definition) is 3. The van der Waals surface area contributed by atoms with Crippen LogP contribution >= 0.6 is 0 Å². The SMILES string of the molecule is CC(C)(CCCO)CNc1cc(N)nc(C(F)(F)F)n1. The summed E-state index contributed by atoms with van der Waals surface area (Å²) < 4.78 is 37.7. The number of nitrogens with one attached hydrogen (secondary N) is 1. The highest BCUT2D eigenvalue weighted by molar-refractivity contribution is 5.45. The Morgan fingerprint density at radius 1 is 1.30 bits per heavy atom. The fourth-order valence-corrected chi connectivity index (χ4v) is 1.66. The summed E-state index contributed by atoms with van der Waals surface area (Å²) in [5.74, 6) is -1.45. The van der Waals surface area contributed by atoms with Crippen molar-refractivity contribution in [1.29, 1.82) is 0 Å². The minimum Gasteiger partial charge on any atom is -0.396 e. The Balaban J connectivity index is 2.76. The molecule has 5 nitrogen and oxygen atoms in total. The van der Waals surface area contributed by atoms with Gasteiger partial charge in [0.1, 0.15) is 11.6 Å². The summed E-state index contributed by atoms with van der Waals surface area (Å²) in [6, 6.07) is 1.26. The Morgan fingerprint density at radius 2 is 1.95 bits per heavy atom. The van der Waals surface area contributed by atoms with Gasteiger partial charge in [0.2, 0.25) is 5.82 Å². The van der Waals surface area contributed by atoms with E-state index in [1.54, 1.807) is 0 Å². The summed E-state index contributed by atoms with van der Waals surface area (Å²) in [6.45, 7) is 4.40. The van der Waals surface area contributed by atoms with Crippen LogP contribution in [0.15, 0.2) is 6.07 Å². The molecule has 0 aliphatic carbocycles. The molecule has 0 aliphatic heterocycles. The Morgan fingerprint density at radius 3 is 2.50 bits per heavy atom. The van der Waals surface area contributed by atoms with E-state index in [2.05, 4.69) is 15.3 Å². The normalized spacial score (nSPS) is 12.5. The summed E-state index contributed by atoms with van der Waals surface area (Å²) in [7, 11) is 0. The quantitative estimate of drug-likeness (QED) is 0.749. The Labute approximate surface area is 115 Å². The smallest absolute Gasteiger partial charge is 0.396 e. The van der Waals surface area contributed by atoms with E-state index in [9.17, 15) is 13.2 Å². The molecule has 0 saturated heterocycles. The van der Waals surface area contributed by atoms with Gasteiger partial charge in [-0.05, 0) is 18.3 Å². The maximum Gasteiger partial charge on any atom is 0.451 e. The number of hydrogen-bond acceptors (Lipinski definition) is 5. The first-order valence-electron chi connectivity index (χ1n) is 6.20. The zero-order valence-electron chi connectivity index (χ0n) is 11.5. The van der Waals surface area contributed by atoms with E-state index in [1.807, 2.05) is 13.8 Å². The highest BCUT2D eigenvalue weighted by atomic mass is 19.4. The van der Waals surface area contributed by atoms with Crippen molar-refractivity contribution in [2.24, 2.45) is 5.41 Å². The van der Waals surface area contributed by atoms with Crippen LogP contribution in [-0.4, -0.2) is 28.2 Å². The summed E-state index contributed by atoms with van der Waals surface area (Å²) in [4.78, 5) is 6.58. The number of aromatic nitrogens is 2. The summed E-state index contributed by atoms with van der Waals surface area (Å²) >= 11 is 0. The van der Waals surface area contributed by atoms with Crippen LogP contribution in [-0.2, 0) is 6.18 Å². The van der Waals surface area contributed by atoms with Crippen LogP contribution in [0.5, 0.6) is 0 Å². The Bertz CT molecular complexity index is 449. The summed E-state index contributed by atoms with van der Waals surface area (Å²) in [5, 5.41) is 11.6. The summed E-state index contributed by atoms with van der Waals surface area (Å²) in [6.07, 6.45) is -3.25. The van der Waals surface area contributed by atoms with Crippen molar-refractivity contribution in [1.82, 2.24) is 9.97 Å². The topological polar surface area (TPSA) is 84.1 Å². The number of nitrogens with zero attached hydrogens (tertiary/aromatic N) is 2. The molecule has 0 saturated carbocycles. The number of rotatable bonds is 6. The number of nitrogen functional groups attached to an aromatic ring is 1. The monoisotopic (exact) mass is 292 g/mol. The van der Waals surface area contributed by atoms with Crippen molar-refractivity contribution in [3.05, 3.63) is 11.9 Å². The molecule has 0 fully saturated rings. The summed E-state index contributed by atoms with van der Waals surface area (Å²) in [5.41, 5.74) is 5.17. The van der Waals surface area contributed by atoms with E-state index < -0.39 is 12.0 Å². The molecule has 20 heavy (non-hydrogen) atoms. The van der Waals surface area contributed by atoms with E-state index in [0.717, 1.165) is 6.42 Å². The van der Waals surface area contributed by atoms with Gasteiger partial charge in [0.15, 0.2) is 0 Å². The lowest BCUT2D eigenvalue weighted by Crippen LogP contribution is -2.24. The standard InChI is InChI=1S/C12H19F3N4O/c1-11(2,4-3-5-20)7-17-9-6-8(16)18-10(19-9)12(13,14)15/h6,20H,3-5,7H2,1-2H3,(H3,16,17,18,19). The molecule has 1 rings (SSSR count). The second-order valence-electron chi connectivity index (χ2n) is 5.34. The van der Waals surface area contributed by atoms with Gasteiger partial charge < -0.3 is 16.2 Å². The maximum absolute atomic E-state index is 12.6. The Kier molecular flexibility index (Phi) is 5.15. The number of nitrogens with two attached hydrogens (primary N) is 1. The predicted molar refractivity (Wildman–Crippen MR) is 70.0 cm³/mol. The fourth-order valence-electron chi connectivity index (χ4n) is 1.66. The van der Waals surface area contributed by atoms with Gasteiger partial charge >= 0.3 is 6.18 Å². The molecule has 8 heteroatoms. The van der Waals surface area contributed by atoms with Crippen molar-refractivity contribution in [3.63, 3.8) is 0 Å². The lowest BCUT2D eigenvalue weighted by atomic mass is 9.88. The third-order valence-corrected chi connectivity index (χ3v) is 2.76. The molecule has 0 bridgehead atoms. The van der Waals surface area contributed by atoms with Crippen LogP contribution in [0.3, 0.4) is 0 Å². The zero-order chi connectivity index (χ0) is 15.4. The van der Waals surface area contributed by atoms with Gasteiger partial charge in [-0.3, -0.25) is 0 Å². The van der Waals surface area contributed by atoms with Crippen molar-refractivity contribution in [3.8, 4) is 0 Å². The van der Waals surface area contributed by atoms with Gasteiger partial charge in [0.25, 0.3) is 0 Å². The minimum atomic E-state index is -4.63. The van der Waals surface area contributed by atoms with Crippen LogP contribution in [0.4, 0.5) is 24.8 Å². The van der Waals surface area contributed by atoms with Crippen molar-refractivity contribution >= 4 is 11.6 Å². The number of alkyl halides is 3. The van der Waals surface area contributed by atoms with Crippen LogP contribution in [0, 0.1) is 5.41 Å². The molecule has 114 valence electrons. The van der Waals surface area contributed by atoms with Gasteiger partial charge in [-0.15, -0.1) is 0 Å². The third-order valence-electron chi connectivity index (χ3n) is 2.76. The zero-order valence-corrected chi connectivity index (χ0v) is 11.5. The van der Waals surface area contributed by atoms with Crippen molar-refractivity contribution in [2.75, 3.05) is 24.2 Å². The third kappa shape index (κ3) is 5.20. The van der Waals surface area contributed by atoms with E-state index in [-0.39, 0.29) is 23.7 Å². The van der Waals surface area contributed by atoms with E-state index >= 15 is 0 Å². The maximum atomic E-state index is 12.6. The second-order valence-corrected chi connectivity index (χ2v) is 5.34. The number of anilines is 2. The fraction of sp³-hybridized carbons (Fsp3) is 0.667. The van der Waals surface area contributed by atoms with E-state index in [4.69, 9.17) is 10.8 Å². The van der Waals surface area contributed by atoms with Crippen LogP contribution in [0.25, 0.3) is 0 Å². The molecule has 1 aromatic heterocycles. The first-order valence-corrected chi connectivity index (χ1v) is 6.20. The first kappa shape index (κ1) is 16.5. The molecule has 1 aromatic rings. The van der Waals surface area contributed by atoms with Crippen LogP contribution in [0.1, 0.15) is 32.5 Å². The highest BCUT2D eigenvalue weighted by Crippen LogP contribution is 2.28. The molecule has 1 heterocycles. The second kappa shape index (κ2) is 6.25. The van der Waals surface area contributed by atoms with Gasteiger partial charge in [-0.2, -0.15) is 13.2 Å². The number of aliphatic hydroxyl groups is 1. The van der Waals surface area contributed by atoms with Gasteiger partial charge in [-0.1, -0.05) is 13.8 Å². The van der Waals surface area contributed by atoms with Crippen molar-refractivity contribution in [2.45, 2.75) is 32.9 Å². The lowest BCUT2D eigenvalue weighted by Gasteiger charge is -2.25. The molecular formula is C12H19F3N4O. The molecule has 4 N–H and O–H groups in total. The van der Waals surface area contributed by atoms with Crippen LogP contribution in [0.2, 0.25) is 0 Å². The molecule has 0 unspecified atom stereocenters. The molecule has 0 radical (unpaired) electrons. The largest absolute Gasteiger partial charge is 0.451 e. The highest BCUT2D eigenvalue weighted by Gasteiger charge is 2.35. The van der Waals surface area contributed by atoms with Gasteiger partial charge in [0, 0.05) is 19.2 Å². The lowest BCUT2D eigenvalue weighted by molar-refractivity contribution is -0.144. The number of halogens is 3. The average Bonchev–Trinajstić information content (AvgIpc) is 2.32. The molecule has 0 atom stereocenters. The minimum absolute atomic E-state index is 0.0434. The number of aliphatic hydroxyl groups excluding tert-OH is 1. The van der Waals surface area contributed by atoms with Gasteiger partial charge in [0.05, 0.1) is 0 Å². The predicted octanol–water partition coefficient (Wildman–Crippen LogP) is 2.29. The van der Waals surface area contributed by atoms with Gasteiger partial charge in [-0.25, -0.2) is 9.97 Å². The molecule has 0 spiro atoms.